The molecule has 3 rings (SSSR count). The largest absolute Gasteiger partial charge is 0.486 e. The van der Waals surface area contributed by atoms with Gasteiger partial charge < -0.3 is 9.47 Å². The lowest BCUT2D eigenvalue weighted by Gasteiger charge is -2.29. The Morgan fingerprint density at radius 2 is 1.23 bits per heavy atom. The van der Waals surface area contributed by atoms with Crippen LogP contribution in [-0.2, 0) is 0 Å². The smallest absolute Gasteiger partial charge is 0.164 e. The van der Waals surface area contributed by atoms with Gasteiger partial charge in [-0.25, -0.2) is 0 Å². The van der Waals surface area contributed by atoms with Gasteiger partial charge in [-0.15, -0.1) is 0 Å². The van der Waals surface area contributed by atoms with Gasteiger partial charge in [0.25, 0.3) is 0 Å². The Bertz CT molecular complexity index is 529. The zero-order valence-electron chi connectivity index (χ0n) is 15.1. The van der Waals surface area contributed by atoms with Crippen molar-refractivity contribution in [3.8, 4) is 11.5 Å². The minimum Gasteiger partial charge on any atom is -0.486 e. The lowest BCUT2D eigenvalue weighted by Crippen LogP contribution is -2.23. The molecule has 0 radical (unpaired) electrons. The van der Waals surface area contributed by atoms with Crippen LogP contribution in [0.4, 0.5) is 0 Å². The second-order valence-corrected chi connectivity index (χ2v) is 7.01. The van der Waals surface area contributed by atoms with Gasteiger partial charge in [0, 0.05) is 0 Å². The molecule has 2 aliphatic rings. The summed E-state index contributed by atoms with van der Waals surface area (Å²) in [5.41, 5.74) is 1.96. The minimum absolute atomic E-state index is 0.289. The first kappa shape index (κ1) is 14.4. The standard InChI is InChI=1S/C20H30O2/c1-15-13-14-16(2)20(22-18-11-7-4-8-12-18)19(15)21-17-9-5-3-6-10-17/h13-14,17-18H,3-12H2,1-2H3/i13D. The summed E-state index contributed by atoms with van der Waals surface area (Å²) in [7, 11) is 0. The number of benzene rings is 1. The molecule has 0 unspecified atom stereocenters. The number of hydrogen-bond donors (Lipinski definition) is 0. The fourth-order valence-electron chi connectivity index (χ4n) is 3.68. The summed E-state index contributed by atoms with van der Waals surface area (Å²) in [6.45, 7) is 4.04. The average molecular weight is 303 g/mol. The highest BCUT2D eigenvalue weighted by Crippen LogP contribution is 2.39. The predicted molar refractivity (Wildman–Crippen MR) is 90.9 cm³/mol. The summed E-state index contributed by atoms with van der Waals surface area (Å²) in [6, 6.07) is 2.48. The summed E-state index contributed by atoms with van der Waals surface area (Å²) >= 11 is 0. The molecule has 2 heteroatoms. The first-order valence-corrected chi connectivity index (χ1v) is 9.09. The molecule has 2 nitrogen and oxygen atoms in total. The molecule has 1 aromatic rings. The Morgan fingerprint density at radius 1 is 0.773 bits per heavy atom. The van der Waals surface area contributed by atoms with Gasteiger partial charge in [-0.3, -0.25) is 0 Å². The fourth-order valence-corrected chi connectivity index (χ4v) is 3.68. The van der Waals surface area contributed by atoms with Crippen LogP contribution in [-0.4, -0.2) is 12.2 Å². The zero-order chi connectivity index (χ0) is 16.2. The molecule has 2 saturated carbocycles. The first-order chi connectivity index (χ1) is 11.1. The maximum absolute atomic E-state index is 8.20. The molecule has 2 aliphatic carbocycles. The van der Waals surface area contributed by atoms with Crippen molar-refractivity contribution >= 4 is 0 Å². The molecular formula is C20H30O2. The summed E-state index contributed by atoms with van der Waals surface area (Å²) in [5, 5.41) is 0. The summed E-state index contributed by atoms with van der Waals surface area (Å²) in [6.07, 6.45) is 12.8. The molecule has 22 heavy (non-hydrogen) atoms. The van der Waals surface area contributed by atoms with E-state index in [1.165, 1.54) is 38.5 Å². The maximum atomic E-state index is 8.20. The van der Waals surface area contributed by atoms with Crippen LogP contribution in [0.1, 0.15) is 76.7 Å². The van der Waals surface area contributed by atoms with Crippen molar-refractivity contribution in [3.63, 3.8) is 0 Å². The van der Waals surface area contributed by atoms with E-state index in [-0.39, 0.29) is 6.10 Å². The number of hydrogen-bond acceptors (Lipinski definition) is 2. The predicted octanol–water partition coefficient (Wildman–Crippen LogP) is 5.73. The SMILES string of the molecule is [2H]c1cc(C)c(OC2CCCCC2)c(OC2CCCCC2)c1C. The third-order valence-electron chi connectivity index (χ3n) is 5.08. The second kappa shape index (κ2) is 7.39. The van der Waals surface area contributed by atoms with Crippen LogP contribution < -0.4 is 9.47 Å². The Hall–Kier alpha value is -1.18. The van der Waals surface area contributed by atoms with Crippen LogP contribution in [0.25, 0.3) is 0 Å². The van der Waals surface area contributed by atoms with E-state index in [1.54, 1.807) is 0 Å². The number of ether oxygens (including phenoxy) is 2. The van der Waals surface area contributed by atoms with Gasteiger partial charge in [-0.1, -0.05) is 25.0 Å². The minimum atomic E-state index is 0.289. The van der Waals surface area contributed by atoms with Crippen LogP contribution in [0.15, 0.2) is 12.1 Å². The molecule has 0 spiro atoms. The zero-order valence-corrected chi connectivity index (χ0v) is 14.1. The van der Waals surface area contributed by atoms with Gasteiger partial charge in [0.2, 0.25) is 0 Å². The fraction of sp³-hybridized carbons (Fsp3) is 0.700. The summed E-state index contributed by atoms with van der Waals surface area (Å²) in [4.78, 5) is 0. The monoisotopic (exact) mass is 303 g/mol. The average Bonchev–Trinajstić information content (AvgIpc) is 2.58. The van der Waals surface area contributed by atoms with Gasteiger partial charge in [0.15, 0.2) is 11.5 Å². The van der Waals surface area contributed by atoms with Crippen molar-refractivity contribution in [3.05, 3.63) is 23.2 Å². The molecular weight excluding hydrogens is 272 g/mol. The highest BCUT2D eigenvalue weighted by molar-refractivity contribution is 5.51. The molecule has 0 aromatic heterocycles. The van der Waals surface area contributed by atoms with Gasteiger partial charge in [0.1, 0.15) is 0 Å². The van der Waals surface area contributed by atoms with Gasteiger partial charge in [0.05, 0.1) is 13.6 Å². The van der Waals surface area contributed by atoms with E-state index >= 15 is 0 Å². The molecule has 2 fully saturated rings. The third-order valence-corrected chi connectivity index (χ3v) is 5.08. The number of aryl methyl sites for hydroxylation is 1. The van der Waals surface area contributed by atoms with Crippen LogP contribution in [0.3, 0.4) is 0 Å². The molecule has 122 valence electrons. The molecule has 0 saturated heterocycles. The molecule has 0 atom stereocenters. The molecule has 0 heterocycles. The van der Waals surface area contributed by atoms with Crippen LogP contribution in [0, 0.1) is 13.8 Å². The van der Waals surface area contributed by atoms with Crippen molar-refractivity contribution in [1.29, 1.82) is 0 Å². The number of rotatable bonds is 4. The van der Waals surface area contributed by atoms with E-state index < -0.39 is 0 Å². The topological polar surface area (TPSA) is 18.5 Å². The molecule has 0 N–H and O–H groups in total. The van der Waals surface area contributed by atoms with Crippen LogP contribution in [0.2, 0.25) is 0 Å². The van der Waals surface area contributed by atoms with E-state index in [2.05, 4.69) is 0 Å². The maximum Gasteiger partial charge on any atom is 0.164 e. The van der Waals surface area contributed by atoms with E-state index in [9.17, 15) is 0 Å². The van der Waals surface area contributed by atoms with Crippen molar-refractivity contribution in [1.82, 2.24) is 0 Å². The van der Waals surface area contributed by atoms with E-state index in [0.717, 1.165) is 48.3 Å². The Balaban J connectivity index is 1.84. The quantitative estimate of drug-likeness (QED) is 0.707. The Morgan fingerprint density at radius 3 is 1.73 bits per heavy atom. The van der Waals surface area contributed by atoms with Crippen molar-refractivity contribution < 1.29 is 10.8 Å². The van der Waals surface area contributed by atoms with Crippen molar-refractivity contribution in [2.45, 2.75) is 90.3 Å². The van der Waals surface area contributed by atoms with Gasteiger partial charge >= 0.3 is 0 Å². The Kier molecular flexibility index (Phi) is 4.84. The lowest BCUT2D eigenvalue weighted by molar-refractivity contribution is 0.122. The highest BCUT2D eigenvalue weighted by Gasteiger charge is 2.22. The Labute approximate surface area is 136 Å². The van der Waals surface area contributed by atoms with Crippen molar-refractivity contribution in [2.75, 3.05) is 0 Å². The summed E-state index contributed by atoms with van der Waals surface area (Å²) in [5.74, 6) is 1.74. The first-order valence-electron chi connectivity index (χ1n) is 9.59. The van der Waals surface area contributed by atoms with Crippen molar-refractivity contribution in [2.24, 2.45) is 0 Å². The molecule has 1 aromatic carbocycles. The highest BCUT2D eigenvalue weighted by atomic mass is 16.5. The van der Waals surface area contributed by atoms with E-state index in [0.29, 0.717) is 12.1 Å². The second-order valence-electron chi connectivity index (χ2n) is 7.01. The third kappa shape index (κ3) is 3.77. The normalized spacial score (nSPS) is 21.5. The van der Waals surface area contributed by atoms with Crippen LogP contribution >= 0.6 is 0 Å². The van der Waals surface area contributed by atoms with E-state index in [4.69, 9.17) is 10.8 Å². The summed E-state index contributed by atoms with van der Waals surface area (Å²) < 4.78 is 21.0. The van der Waals surface area contributed by atoms with Crippen LogP contribution in [0.5, 0.6) is 11.5 Å². The molecule has 0 aliphatic heterocycles. The van der Waals surface area contributed by atoms with Gasteiger partial charge in [-0.2, -0.15) is 0 Å². The lowest BCUT2D eigenvalue weighted by atomic mass is 9.97. The van der Waals surface area contributed by atoms with E-state index in [1.807, 2.05) is 19.9 Å². The van der Waals surface area contributed by atoms with Gasteiger partial charge in [-0.05, 0) is 76.3 Å². The molecule has 0 amide bonds. The molecule has 0 bridgehead atoms.